The molecule has 0 aliphatic heterocycles. The van der Waals surface area contributed by atoms with Crippen molar-refractivity contribution in [1.82, 2.24) is 15.3 Å². The van der Waals surface area contributed by atoms with Crippen molar-refractivity contribution in [1.29, 1.82) is 0 Å². The summed E-state index contributed by atoms with van der Waals surface area (Å²) in [7, 11) is 6.01. The lowest BCUT2D eigenvalue weighted by Gasteiger charge is -2.15. The van der Waals surface area contributed by atoms with Crippen molar-refractivity contribution in [3.8, 4) is 34.6 Å². The van der Waals surface area contributed by atoms with Crippen molar-refractivity contribution < 1.29 is 28.8 Å². The number of nitrogens with zero attached hydrogens (tertiary/aromatic N) is 2. The summed E-state index contributed by atoms with van der Waals surface area (Å²) in [5.74, 6) is 1.11. The molecular weight excluding hydrogens is 484 g/mol. The zero-order chi connectivity index (χ0) is 23.3. The second kappa shape index (κ2) is 10.1. The Labute approximate surface area is 192 Å². The van der Waals surface area contributed by atoms with Crippen LogP contribution in [0.25, 0.3) is 0 Å². The highest BCUT2D eigenvalue weighted by Crippen LogP contribution is 2.41. The summed E-state index contributed by atoms with van der Waals surface area (Å²) in [6.45, 7) is 0. The molecule has 2 aromatic carbocycles. The second-order valence-electron chi connectivity index (χ2n) is 6.22. The topological polar surface area (TPSA) is 124 Å². The van der Waals surface area contributed by atoms with Gasteiger partial charge >= 0.3 is 0 Å². The maximum atomic E-state index is 12.2. The van der Waals surface area contributed by atoms with Gasteiger partial charge in [-0.1, -0.05) is 6.07 Å². The largest absolute Gasteiger partial charge is 0.507 e. The Hall–Kier alpha value is -3.73. The number of carbonyl (C=O) groups is 1. The first-order chi connectivity index (χ1) is 15.4. The Morgan fingerprint density at radius 1 is 1.06 bits per heavy atom. The van der Waals surface area contributed by atoms with Gasteiger partial charge in [-0.3, -0.25) is 4.79 Å². The number of hydrogen-bond donors (Lipinski definition) is 3. The first kappa shape index (κ1) is 22.9. The standard InChI is InChI=1S/C21H21BrN4O6/c1-23-19(28)17-13(27)6-5-7-14(17)32-20-12(22)10-24-21(26-20)25-11-8-15(29-2)18(31-4)16(9-11)30-3/h5-10,27H,1-4H3,(H,23,28)(H,24,25,26). The fourth-order valence-electron chi connectivity index (χ4n) is 2.83. The zero-order valence-electron chi connectivity index (χ0n) is 17.7. The smallest absolute Gasteiger partial charge is 0.258 e. The van der Waals surface area contributed by atoms with Crippen LogP contribution in [0.1, 0.15) is 10.4 Å². The molecule has 0 saturated carbocycles. The Balaban J connectivity index is 1.95. The summed E-state index contributed by atoms with van der Waals surface area (Å²) in [4.78, 5) is 20.8. The number of amides is 1. The van der Waals surface area contributed by atoms with Crippen LogP contribution in [0.4, 0.5) is 11.6 Å². The predicted molar refractivity (Wildman–Crippen MR) is 121 cm³/mol. The van der Waals surface area contributed by atoms with Crippen molar-refractivity contribution in [2.24, 2.45) is 0 Å². The molecule has 0 fully saturated rings. The SMILES string of the molecule is CNC(=O)c1c(O)cccc1Oc1nc(Nc2cc(OC)c(OC)c(OC)c2)ncc1Br. The molecule has 0 aliphatic carbocycles. The number of ether oxygens (including phenoxy) is 4. The van der Waals surface area contributed by atoms with Crippen LogP contribution in [0, 0.1) is 0 Å². The van der Waals surface area contributed by atoms with Crippen LogP contribution in [-0.4, -0.2) is 49.4 Å². The minimum atomic E-state index is -0.501. The maximum Gasteiger partial charge on any atom is 0.258 e. The molecule has 0 spiro atoms. The van der Waals surface area contributed by atoms with Crippen molar-refractivity contribution in [2.45, 2.75) is 0 Å². The molecule has 0 unspecified atom stereocenters. The number of methoxy groups -OCH3 is 3. The Morgan fingerprint density at radius 2 is 1.75 bits per heavy atom. The van der Waals surface area contributed by atoms with Crippen LogP contribution in [-0.2, 0) is 0 Å². The minimum Gasteiger partial charge on any atom is -0.507 e. The quantitative estimate of drug-likeness (QED) is 0.419. The third kappa shape index (κ3) is 4.78. The molecule has 0 atom stereocenters. The summed E-state index contributed by atoms with van der Waals surface area (Å²) in [5, 5.41) is 15.6. The molecule has 3 rings (SSSR count). The van der Waals surface area contributed by atoms with Crippen LogP contribution >= 0.6 is 15.9 Å². The molecule has 10 nitrogen and oxygen atoms in total. The van der Waals surface area contributed by atoms with E-state index >= 15 is 0 Å². The van der Waals surface area contributed by atoms with E-state index in [2.05, 4.69) is 36.5 Å². The Kier molecular flexibility index (Phi) is 7.21. The first-order valence-electron chi connectivity index (χ1n) is 9.23. The Morgan fingerprint density at radius 3 is 2.34 bits per heavy atom. The highest BCUT2D eigenvalue weighted by Gasteiger charge is 2.19. The molecule has 168 valence electrons. The molecule has 0 aliphatic rings. The molecule has 3 N–H and O–H groups in total. The highest BCUT2D eigenvalue weighted by molar-refractivity contribution is 9.10. The van der Waals surface area contributed by atoms with E-state index in [1.54, 1.807) is 24.3 Å². The molecule has 3 aromatic rings. The van der Waals surface area contributed by atoms with E-state index in [4.69, 9.17) is 18.9 Å². The summed E-state index contributed by atoms with van der Waals surface area (Å²) in [5.41, 5.74) is 0.566. The molecule has 0 radical (unpaired) electrons. The van der Waals surface area contributed by atoms with Gasteiger partial charge in [0, 0.05) is 24.9 Å². The number of rotatable bonds is 8. The van der Waals surface area contributed by atoms with E-state index in [-0.39, 0.29) is 28.9 Å². The lowest BCUT2D eigenvalue weighted by atomic mass is 10.1. The lowest BCUT2D eigenvalue weighted by molar-refractivity contribution is 0.0958. The van der Waals surface area contributed by atoms with E-state index in [0.717, 1.165) is 0 Å². The van der Waals surface area contributed by atoms with E-state index < -0.39 is 5.91 Å². The van der Waals surface area contributed by atoms with Gasteiger partial charge in [0.05, 0.1) is 32.0 Å². The number of phenols is 1. The fourth-order valence-corrected chi connectivity index (χ4v) is 3.10. The molecule has 32 heavy (non-hydrogen) atoms. The number of hydrogen-bond acceptors (Lipinski definition) is 9. The van der Waals surface area contributed by atoms with Crippen LogP contribution in [0.15, 0.2) is 41.0 Å². The summed E-state index contributed by atoms with van der Waals surface area (Å²) >= 11 is 3.34. The van der Waals surface area contributed by atoms with Crippen LogP contribution in [0.3, 0.4) is 0 Å². The van der Waals surface area contributed by atoms with E-state index in [0.29, 0.717) is 27.4 Å². The van der Waals surface area contributed by atoms with Gasteiger partial charge in [-0.25, -0.2) is 4.98 Å². The third-order valence-electron chi connectivity index (χ3n) is 4.30. The number of nitrogens with one attached hydrogen (secondary N) is 2. The minimum absolute atomic E-state index is 0.0142. The van der Waals surface area contributed by atoms with Crippen molar-refractivity contribution in [2.75, 3.05) is 33.7 Å². The maximum absolute atomic E-state index is 12.2. The van der Waals surface area contributed by atoms with Crippen LogP contribution in [0.2, 0.25) is 0 Å². The predicted octanol–water partition coefficient (Wildman–Crippen LogP) is 3.87. The van der Waals surface area contributed by atoms with Crippen molar-refractivity contribution >= 4 is 33.5 Å². The number of carbonyl (C=O) groups excluding carboxylic acids is 1. The molecule has 1 aromatic heterocycles. The molecule has 1 amide bonds. The molecule has 1 heterocycles. The van der Waals surface area contributed by atoms with E-state index in [1.165, 1.54) is 40.6 Å². The third-order valence-corrected chi connectivity index (χ3v) is 4.84. The highest BCUT2D eigenvalue weighted by atomic mass is 79.9. The van der Waals surface area contributed by atoms with E-state index in [1.807, 2.05) is 0 Å². The number of halogens is 1. The van der Waals surface area contributed by atoms with Gasteiger partial charge in [0.2, 0.25) is 17.6 Å². The van der Waals surface area contributed by atoms with Crippen LogP contribution < -0.4 is 29.6 Å². The average molecular weight is 505 g/mol. The summed E-state index contributed by atoms with van der Waals surface area (Å²) in [6.07, 6.45) is 1.49. The molecular formula is C21H21BrN4O6. The fraction of sp³-hybridized carbons (Fsp3) is 0.190. The number of benzene rings is 2. The number of aromatic nitrogens is 2. The van der Waals surface area contributed by atoms with Crippen molar-refractivity contribution in [3.05, 3.63) is 46.6 Å². The molecule has 11 heteroatoms. The zero-order valence-corrected chi connectivity index (χ0v) is 19.3. The number of aromatic hydroxyl groups is 1. The first-order valence-corrected chi connectivity index (χ1v) is 10.0. The second-order valence-corrected chi connectivity index (χ2v) is 7.07. The normalized spacial score (nSPS) is 10.3. The van der Waals surface area contributed by atoms with Gasteiger partial charge in [0.15, 0.2) is 11.5 Å². The van der Waals surface area contributed by atoms with Gasteiger partial charge in [0.25, 0.3) is 5.91 Å². The average Bonchev–Trinajstić information content (AvgIpc) is 2.80. The van der Waals surface area contributed by atoms with Gasteiger partial charge in [-0.05, 0) is 28.1 Å². The summed E-state index contributed by atoms with van der Waals surface area (Å²) in [6, 6.07) is 7.90. The monoisotopic (exact) mass is 504 g/mol. The van der Waals surface area contributed by atoms with Gasteiger partial charge < -0.3 is 34.7 Å². The van der Waals surface area contributed by atoms with Crippen LogP contribution in [0.5, 0.6) is 34.6 Å². The van der Waals surface area contributed by atoms with Gasteiger partial charge in [0.1, 0.15) is 17.1 Å². The Bertz CT molecular complexity index is 1120. The number of anilines is 2. The summed E-state index contributed by atoms with van der Waals surface area (Å²) < 4.78 is 22.3. The van der Waals surface area contributed by atoms with Gasteiger partial charge in [-0.2, -0.15) is 4.98 Å². The van der Waals surface area contributed by atoms with Gasteiger partial charge in [-0.15, -0.1) is 0 Å². The van der Waals surface area contributed by atoms with E-state index in [9.17, 15) is 9.90 Å². The van der Waals surface area contributed by atoms with Crippen molar-refractivity contribution in [3.63, 3.8) is 0 Å². The number of phenolic OH excluding ortho intramolecular Hbond substituents is 1. The molecule has 0 bridgehead atoms. The lowest BCUT2D eigenvalue weighted by Crippen LogP contribution is -2.18. The molecule has 0 saturated heterocycles.